The monoisotopic (exact) mass is 433 g/mol. The lowest BCUT2D eigenvalue weighted by atomic mass is 10.1. The zero-order valence-corrected chi connectivity index (χ0v) is 17.7. The number of Topliss-reactive ketones (excluding diaryl/α,β-unsaturated/α-hetero) is 1. The lowest BCUT2D eigenvalue weighted by Gasteiger charge is -2.09. The zero-order valence-electron chi connectivity index (χ0n) is 16.9. The highest BCUT2D eigenvalue weighted by Gasteiger charge is 2.19. The van der Waals surface area contributed by atoms with Crippen molar-refractivity contribution in [2.24, 2.45) is 0 Å². The Hall–Kier alpha value is -3.78. The van der Waals surface area contributed by atoms with E-state index in [0.29, 0.717) is 16.1 Å². The molecule has 0 aliphatic rings. The van der Waals surface area contributed by atoms with Crippen LogP contribution in [0.5, 0.6) is 0 Å². The molecule has 1 N–H and O–H groups in total. The van der Waals surface area contributed by atoms with Crippen LogP contribution >= 0.6 is 11.3 Å². The van der Waals surface area contributed by atoms with Crippen LogP contribution in [-0.4, -0.2) is 34.0 Å². The summed E-state index contributed by atoms with van der Waals surface area (Å²) in [6.45, 7) is 2.84. The molecule has 0 saturated carbocycles. The number of amides is 1. The molecule has 0 atom stereocenters. The molecule has 156 valence electrons. The minimum Gasteiger partial charge on any atom is -0.451 e. The summed E-state index contributed by atoms with van der Waals surface area (Å²) in [7, 11) is 0. The van der Waals surface area contributed by atoms with E-state index in [1.165, 1.54) is 18.3 Å². The summed E-state index contributed by atoms with van der Waals surface area (Å²) in [5.74, 6) is -1.27. The van der Waals surface area contributed by atoms with Crippen LogP contribution in [0, 0.1) is 6.92 Å². The molecule has 0 aliphatic carbocycles. The van der Waals surface area contributed by atoms with Crippen molar-refractivity contribution in [2.45, 2.75) is 13.8 Å². The third-order valence-corrected chi connectivity index (χ3v) is 5.75. The van der Waals surface area contributed by atoms with E-state index in [4.69, 9.17) is 4.74 Å². The molecule has 0 fully saturated rings. The molecule has 7 nitrogen and oxygen atoms in total. The fraction of sp³-hybridized carbons (Fsp3) is 0.130. The average Bonchev–Trinajstić information content (AvgIpc) is 3.33. The van der Waals surface area contributed by atoms with E-state index < -0.39 is 18.5 Å². The van der Waals surface area contributed by atoms with Crippen LogP contribution in [0.2, 0.25) is 0 Å². The molecular formula is C23H19N3O4S. The average molecular weight is 433 g/mol. The number of fused-ring (bicyclic) bond motifs is 1. The predicted molar refractivity (Wildman–Crippen MR) is 119 cm³/mol. The number of thiophene rings is 1. The van der Waals surface area contributed by atoms with Gasteiger partial charge in [0.2, 0.25) is 0 Å². The Labute approximate surface area is 182 Å². The maximum absolute atomic E-state index is 12.5. The smallest absolute Gasteiger partial charge is 0.348 e. The van der Waals surface area contributed by atoms with Crippen molar-refractivity contribution in [1.82, 2.24) is 9.78 Å². The van der Waals surface area contributed by atoms with Crippen molar-refractivity contribution in [3.05, 3.63) is 76.8 Å². The fourth-order valence-electron chi connectivity index (χ4n) is 3.18. The number of nitrogens with one attached hydrogen (secondary N) is 1. The second kappa shape index (κ2) is 8.53. The van der Waals surface area contributed by atoms with E-state index in [1.54, 1.807) is 35.0 Å². The summed E-state index contributed by atoms with van der Waals surface area (Å²) in [4.78, 5) is 37.6. The molecule has 8 heteroatoms. The lowest BCUT2D eigenvalue weighted by molar-refractivity contribution is -0.119. The first kappa shape index (κ1) is 20.5. The highest BCUT2D eigenvalue weighted by molar-refractivity contribution is 7.20. The van der Waals surface area contributed by atoms with Gasteiger partial charge in [-0.3, -0.25) is 9.59 Å². The number of rotatable bonds is 6. The molecule has 0 radical (unpaired) electrons. The summed E-state index contributed by atoms with van der Waals surface area (Å²) in [5.41, 5.74) is 2.47. The Bertz CT molecular complexity index is 1290. The highest BCUT2D eigenvalue weighted by Crippen LogP contribution is 2.30. The van der Waals surface area contributed by atoms with Crippen LogP contribution < -0.4 is 5.32 Å². The molecule has 2 heterocycles. The van der Waals surface area contributed by atoms with Gasteiger partial charge in [0.1, 0.15) is 9.71 Å². The van der Waals surface area contributed by atoms with Gasteiger partial charge < -0.3 is 10.1 Å². The number of carbonyl (C=O) groups is 3. The second-order valence-corrected chi connectivity index (χ2v) is 7.92. The number of aryl methyl sites for hydroxylation is 1. The van der Waals surface area contributed by atoms with Gasteiger partial charge in [-0.2, -0.15) is 5.10 Å². The Balaban J connectivity index is 1.47. The first-order valence-corrected chi connectivity index (χ1v) is 10.4. The molecule has 4 aromatic rings. The number of ketones is 1. The summed E-state index contributed by atoms with van der Waals surface area (Å²) in [6.07, 6.45) is 0. The van der Waals surface area contributed by atoms with Gasteiger partial charge in [0, 0.05) is 10.9 Å². The van der Waals surface area contributed by atoms with Gasteiger partial charge in [-0.15, -0.1) is 11.3 Å². The third-order valence-electron chi connectivity index (χ3n) is 4.66. The number of para-hydroxylation sites is 2. The Morgan fingerprint density at radius 3 is 2.52 bits per heavy atom. The van der Waals surface area contributed by atoms with Gasteiger partial charge in [-0.25, -0.2) is 9.48 Å². The van der Waals surface area contributed by atoms with Crippen molar-refractivity contribution in [3.8, 4) is 5.69 Å². The van der Waals surface area contributed by atoms with Crippen LogP contribution in [0.25, 0.3) is 15.9 Å². The number of ether oxygens (including phenoxy) is 1. The molecule has 2 aromatic heterocycles. The van der Waals surface area contributed by atoms with Crippen LogP contribution in [0.1, 0.15) is 32.6 Å². The van der Waals surface area contributed by atoms with Gasteiger partial charge in [-0.1, -0.05) is 30.3 Å². The van der Waals surface area contributed by atoms with Crippen LogP contribution in [0.4, 0.5) is 5.69 Å². The molecule has 2 aromatic carbocycles. The van der Waals surface area contributed by atoms with E-state index in [1.807, 2.05) is 37.3 Å². The van der Waals surface area contributed by atoms with E-state index in [9.17, 15) is 14.4 Å². The van der Waals surface area contributed by atoms with Gasteiger partial charge in [0.25, 0.3) is 5.91 Å². The first-order chi connectivity index (χ1) is 14.9. The van der Waals surface area contributed by atoms with Crippen LogP contribution in [0.3, 0.4) is 0 Å². The van der Waals surface area contributed by atoms with Gasteiger partial charge in [0.05, 0.1) is 17.1 Å². The number of benzene rings is 2. The minimum atomic E-state index is -0.588. The molecule has 0 bridgehead atoms. The number of anilines is 1. The predicted octanol–water partition coefficient (Wildman–Crippen LogP) is 4.39. The summed E-state index contributed by atoms with van der Waals surface area (Å²) in [5, 5.41) is 8.02. The van der Waals surface area contributed by atoms with Crippen molar-refractivity contribution < 1.29 is 19.1 Å². The standard InChI is InChI=1S/C23H19N3O4S/c1-14-18-12-20(31-22(18)26(25-14)16-8-4-3-5-9-16)23(29)30-13-21(28)24-19-11-7-6-10-17(19)15(2)27/h3-12H,13H2,1-2H3,(H,24,28). The summed E-state index contributed by atoms with van der Waals surface area (Å²) >= 11 is 1.26. The summed E-state index contributed by atoms with van der Waals surface area (Å²) < 4.78 is 6.98. The van der Waals surface area contributed by atoms with Crippen LogP contribution in [-0.2, 0) is 9.53 Å². The quantitative estimate of drug-likeness (QED) is 0.360. The van der Waals surface area contributed by atoms with Gasteiger partial charge in [0.15, 0.2) is 12.4 Å². The maximum atomic E-state index is 12.5. The zero-order chi connectivity index (χ0) is 22.0. The number of esters is 1. The summed E-state index contributed by atoms with van der Waals surface area (Å²) in [6, 6.07) is 18.0. The minimum absolute atomic E-state index is 0.166. The number of nitrogens with zero attached hydrogens (tertiary/aromatic N) is 2. The molecule has 0 spiro atoms. The van der Waals surface area contributed by atoms with Gasteiger partial charge >= 0.3 is 5.97 Å². The maximum Gasteiger partial charge on any atom is 0.348 e. The fourth-order valence-corrected chi connectivity index (χ4v) is 4.26. The van der Waals surface area contributed by atoms with Crippen molar-refractivity contribution in [2.75, 3.05) is 11.9 Å². The number of carbonyl (C=O) groups excluding carboxylic acids is 3. The highest BCUT2D eigenvalue weighted by atomic mass is 32.1. The normalized spacial score (nSPS) is 10.8. The van der Waals surface area contributed by atoms with Gasteiger partial charge in [-0.05, 0) is 44.2 Å². The number of hydrogen-bond donors (Lipinski definition) is 1. The number of aromatic nitrogens is 2. The second-order valence-electron chi connectivity index (χ2n) is 6.89. The molecule has 1 amide bonds. The molecule has 4 rings (SSSR count). The van der Waals surface area contributed by atoms with E-state index in [-0.39, 0.29) is 5.78 Å². The topological polar surface area (TPSA) is 90.3 Å². The molecule has 0 saturated heterocycles. The Morgan fingerprint density at radius 1 is 1.06 bits per heavy atom. The Morgan fingerprint density at radius 2 is 1.77 bits per heavy atom. The molecular weight excluding hydrogens is 414 g/mol. The molecule has 0 aliphatic heterocycles. The van der Waals surface area contributed by atoms with Crippen molar-refractivity contribution >= 4 is 44.9 Å². The SMILES string of the molecule is CC(=O)c1ccccc1NC(=O)COC(=O)c1cc2c(C)nn(-c3ccccc3)c2s1. The van der Waals surface area contributed by atoms with Crippen molar-refractivity contribution in [1.29, 1.82) is 0 Å². The van der Waals surface area contributed by atoms with E-state index in [0.717, 1.165) is 21.6 Å². The molecule has 0 unspecified atom stereocenters. The Kier molecular flexibility index (Phi) is 5.64. The first-order valence-electron chi connectivity index (χ1n) is 9.55. The van der Waals surface area contributed by atoms with E-state index in [2.05, 4.69) is 10.4 Å². The number of hydrogen-bond acceptors (Lipinski definition) is 6. The van der Waals surface area contributed by atoms with Crippen LogP contribution in [0.15, 0.2) is 60.7 Å². The van der Waals surface area contributed by atoms with Crippen molar-refractivity contribution in [3.63, 3.8) is 0 Å². The largest absolute Gasteiger partial charge is 0.451 e. The third kappa shape index (κ3) is 4.24. The lowest BCUT2D eigenvalue weighted by Crippen LogP contribution is -2.21. The molecule has 31 heavy (non-hydrogen) atoms. The van der Waals surface area contributed by atoms with E-state index >= 15 is 0 Å².